The van der Waals surface area contributed by atoms with Gasteiger partial charge in [0, 0.05) is 0 Å². The van der Waals surface area contributed by atoms with Crippen molar-refractivity contribution in [3.8, 4) is 23.0 Å². The molecule has 3 aromatic carbocycles. The minimum atomic E-state index is -0.507. The number of hydrogen-bond donors (Lipinski definition) is 0. The Morgan fingerprint density at radius 1 is 0.429 bits per heavy atom. The Bertz CT molecular complexity index is 1070. The highest BCUT2D eigenvalue weighted by Crippen LogP contribution is 2.21. The summed E-state index contributed by atoms with van der Waals surface area (Å²) in [6.07, 6.45) is 14.6. The van der Waals surface area contributed by atoms with E-state index in [1.54, 1.807) is 72.8 Å². The summed E-state index contributed by atoms with van der Waals surface area (Å²) in [5.41, 5.74) is 0.670. The number of rotatable bonds is 20. The molecule has 0 aliphatic carbocycles. The van der Waals surface area contributed by atoms with E-state index in [4.69, 9.17) is 18.9 Å². The molecule has 0 aliphatic heterocycles. The van der Waals surface area contributed by atoms with Crippen LogP contribution in [-0.4, -0.2) is 25.2 Å². The van der Waals surface area contributed by atoms with E-state index in [9.17, 15) is 9.59 Å². The number of carbonyl (C=O) groups is 2. The molecule has 0 N–H and O–H groups in total. The minimum Gasteiger partial charge on any atom is -0.494 e. The number of hydrogen-bond acceptors (Lipinski definition) is 6. The van der Waals surface area contributed by atoms with E-state index in [2.05, 4.69) is 13.8 Å². The molecule has 0 saturated heterocycles. The van der Waals surface area contributed by atoms with E-state index < -0.39 is 11.9 Å². The van der Waals surface area contributed by atoms with Crippen molar-refractivity contribution in [1.29, 1.82) is 0 Å². The molecule has 0 bridgehead atoms. The fraction of sp³-hybridized carbons (Fsp3) is 0.444. The van der Waals surface area contributed by atoms with Crippen molar-refractivity contribution < 1.29 is 28.5 Å². The van der Waals surface area contributed by atoms with E-state index in [-0.39, 0.29) is 0 Å². The van der Waals surface area contributed by atoms with Gasteiger partial charge in [0.2, 0.25) is 0 Å². The summed E-state index contributed by atoms with van der Waals surface area (Å²) in [6, 6.07) is 20.3. The zero-order valence-corrected chi connectivity index (χ0v) is 25.3. The first-order valence-electron chi connectivity index (χ1n) is 15.6. The first-order chi connectivity index (χ1) is 20.6. The average molecular weight is 575 g/mol. The second kappa shape index (κ2) is 19.3. The molecule has 6 nitrogen and oxygen atoms in total. The van der Waals surface area contributed by atoms with Gasteiger partial charge in [-0.2, -0.15) is 0 Å². The first kappa shape index (κ1) is 32.7. The molecular formula is C36H46O6. The van der Waals surface area contributed by atoms with Crippen molar-refractivity contribution in [2.75, 3.05) is 13.2 Å². The van der Waals surface area contributed by atoms with E-state index in [0.717, 1.165) is 24.3 Å². The molecule has 0 heterocycles. The fourth-order valence-corrected chi connectivity index (χ4v) is 4.43. The summed E-state index contributed by atoms with van der Waals surface area (Å²) in [5, 5.41) is 0. The lowest BCUT2D eigenvalue weighted by Gasteiger charge is -2.09. The van der Waals surface area contributed by atoms with Gasteiger partial charge in [-0.3, -0.25) is 0 Å². The van der Waals surface area contributed by atoms with Gasteiger partial charge in [-0.1, -0.05) is 78.1 Å². The molecule has 42 heavy (non-hydrogen) atoms. The van der Waals surface area contributed by atoms with Gasteiger partial charge in [0.25, 0.3) is 0 Å². The lowest BCUT2D eigenvalue weighted by Crippen LogP contribution is -2.11. The van der Waals surface area contributed by atoms with Crippen LogP contribution in [0.5, 0.6) is 23.0 Å². The molecule has 0 aromatic heterocycles. The predicted octanol–water partition coefficient (Wildman–Crippen LogP) is 9.60. The third-order valence-corrected chi connectivity index (χ3v) is 6.96. The smallest absolute Gasteiger partial charge is 0.343 e. The van der Waals surface area contributed by atoms with Crippen LogP contribution in [0.1, 0.15) is 112 Å². The number of benzene rings is 3. The Balaban J connectivity index is 1.38. The zero-order chi connectivity index (χ0) is 29.8. The van der Waals surface area contributed by atoms with Crippen molar-refractivity contribution in [3.05, 3.63) is 83.9 Å². The van der Waals surface area contributed by atoms with Gasteiger partial charge in [-0.15, -0.1) is 0 Å². The Morgan fingerprint density at radius 3 is 1.10 bits per heavy atom. The molecule has 0 spiro atoms. The van der Waals surface area contributed by atoms with Gasteiger partial charge in [-0.25, -0.2) is 9.59 Å². The molecule has 3 aromatic rings. The van der Waals surface area contributed by atoms with Crippen LogP contribution in [-0.2, 0) is 0 Å². The molecule has 226 valence electrons. The Labute approximate surface area is 251 Å². The molecule has 3 rings (SSSR count). The SMILES string of the molecule is CCCCCCCCOc1ccc(OC(=O)c2ccc(C(=O)Oc3ccc(OCCCCCCCC)cc3)cc2)cc1. The average Bonchev–Trinajstić information content (AvgIpc) is 3.02. The molecule has 6 heteroatoms. The molecule has 0 unspecified atom stereocenters. The van der Waals surface area contributed by atoms with Gasteiger partial charge >= 0.3 is 11.9 Å². The standard InChI is InChI=1S/C36H46O6/c1-3-5-7-9-11-13-27-39-31-19-23-33(24-20-31)41-35(37)29-15-17-30(18-16-29)36(38)42-34-25-21-32(22-26-34)40-28-14-12-10-8-6-4-2/h15-26H,3-14,27-28H2,1-2H3. The number of esters is 2. The molecule has 0 radical (unpaired) electrons. The van der Waals surface area contributed by atoms with Gasteiger partial charge in [0.1, 0.15) is 23.0 Å². The van der Waals surface area contributed by atoms with Gasteiger partial charge in [0.05, 0.1) is 24.3 Å². The van der Waals surface area contributed by atoms with Crippen LogP contribution in [0.3, 0.4) is 0 Å². The quantitative estimate of drug-likeness (QED) is 0.0760. The van der Waals surface area contributed by atoms with Crippen LogP contribution in [0, 0.1) is 0 Å². The molecule has 0 saturated carbocycles. The highest BCUT2D eigenvalue weighted by molar-refractivity contribution is 5.94. The maximum absolute atomic E-state index is 12.6. The van der Waals surface area contributed by atoms with Crippen molar-refractivity contribution in [3.63, 3.8) is 0 Å². The first-order valence-corrected chi connectivity index (χ1v) is 15.6. The maximum atomic E-state index is 12.6. The van der Waals surface area contributed by atoms with Crippen LogP contribution < -0.4 is 18.9 Å². The topological polar surface area (TPSA) is 71.1 Å². The van der Waals surface area contributed by atoms with Gasteiger partial charge in [0.15, 0.2) is 0 Å². The van der Waals surface area contributed by atoms with Crippen molar-refractivity contribution >= 4 is 11.9 Å². The maximum Gasteiger partial charge on any atom is 0.343 e. The van der Waals surface area contributed by atoms with E-state index >= 15 is 0 Å². The summed E-state index contributed by atoms with van der Waals surface area (Å²) in [7, 11) is 0. The lowest BCUT2D eigenvalue weighted by atomic mass is 10.1. The molecule has 0 aliphatic rings. The van der Waals surface area contributed by atoms with Crippen LogP contribution in [0.25, 0.3) is 0 Å². The second-order valence-electron chi connectivity index (χ2n) is 10.5. The Kier molecular flexibility index (Phi) is 15.1. The highest BCUT2D eigenvalue weighted by Gasteiger charge is 2.13. The minimum absolute atomic E-state index is 0.335. The summed E-state index contributed by atoms with van der Waals surface area (Å²) in [5.74, 6) is 1.34. The molecule has 0 fully saturated rings. The normalized spacial score (nSPS) is 10.7. The highest BCUT2D eigenvalue weighted by atomic mass is 16.5. The monoisotopic (exact) mass is 574 g/mol. The van der Waals surface area contributed by atoms with Crippen LogP contribution >= 0.6 is 0 Å². The lowest BCUT2D eigenvalue weighted by molar-refractivity contribution is 0.0720. The summed E-state index contributed by atoms with van der Waals surface area (Å²) in [4.78, 5) is 25.2. The summed E-state index contributed by atoms with van der Waals surface area (Å²) >= 11 is 0. The van der Waals surface area contributed by atoms with Crippen molar-refractivity contribution in [1.82, 2.24) is 0 Å². The summed E-state index contributed by atoms with van der Waals surface area (Å²) in [6.45, 7) is 5.79. The second-order valence-corrected chi connectivity index (χ2v) is 10.5. The van der Waals surface area contributed by atoms with Crippen molar-refractivity contribution in [2.45, 2.75) is 90.9 Å². The third-order valence-electron chi connectivity index (χ3n) is 6.96. The number of unbranched alkanes of at least 4 members (excludes halogenated alkanes) is 10. The van der Waals surface area contributed by atoms with E-state index in [1.165, 1.54) is 64.2 Å². The van der Waals surface area contributed by atoms with Gasteiger partial charge < -0.3 is 18.9 Å². The third kappa shape index (κ3) is 12.4. The molecule has 0 amide bonds. The van der Waals surface area contributed by atoms with Gasteiger partial charge in [-0.05, 0) is 85.6 Å². The zero-order valence-electron chi connectivity index (χ0n) is 25.3. The van der Waals surface area contributed by atoms with E-state index in [0.29, 0.717) is 35.8 Å². The molecular weight excluding hydrogens is 528 g/mol. The van der Waals surface area contributed by atoms with Crippen LogP contribution in [0.15, 0.2) is 72.8 Å². The summed E-state index contributed by atoms with van der Waals surface area (Å²) < 4.78 is 22.5. The Hall–Kier alpha value is -3.80. The van der Waals surface area contributed by atoms with Crippen LogP contribution in [0.4, 0.5) is 0 Å². The predicted molar refractivity (Wildman–Crippen MR) is 167 cm³/mol. The fourth-order valence-electron chi connectivity index (χ4n) is 4.43. The molecule has 0 atom stereocenters. The van der Waals surface area contributed by atoms with Crippen molar-refractivity contribution in [2.24, 2.45) is 0 Å². The number of carbonyl (C=O) groups excluding carboxylic acids is 2. The largest absolute Gasteiger partial charge is 0.494 e. The number of ether oxygens (including phenoxy) is 4. The Morgan fingerprint density at radius 2 is 0.738 bits per heavy atom. The van der Waals surface area contributed by atoms with E-state index in [1.807, 2.05) is 0 Å². The van der Waals surface area contributed by atoms with Crippen LogP contribution in [0.2, 0.25) is 0 Å².